The van der Waals surface area contributed by atoms with E-state index >= 15 is 0 Å². The molecule has 1 nitrogen and oxygen atoms in total. The van der Waals surface area contributed by atoms with Crippen LogP contribution in [0.15, 0.2) is 189 Å². The van der Waals surface area contributed by atoms with E-state index in [0.29, 0.717) is 0 Å². The highest BCUT2D eigenvalue weighted by Gasteiger charge is 2.23. The van der Waals surface area contributed by atoms with E-state index < -0.39 is 0 Å². The summed E-state index contributed by atoms with van der Waals surface area (Å²) in [5.41, 5.74) is 14.2. The van der Waals surface area contributed by atoms with E-state index in [-0.39, 0.29) is 0 Å². The molecule has 0 fully saturated rings. The third-order valence-electron chi connectivity index (χ3n) is 12.7. The van der Waals surface area contributed by atoms with Crippen LogP contribution in [0.5, 0.6) is 0 Å². The summed E-state index contributed by atoms with van der Waals surface area (Å²) in [7, 11) is 0. The van der Waals surface area contributed by atoms with Crippen molar-refractivity contribution in [3.8, 4) is 27.9 Å². The van der Waals surface area contributed by atoms with Crippen LogP contribution in [0, 0.1) is 6.92 Å². The first-order valence-corrected chi connectivity index (χ1v) is 22.3. The number of hydrogen-bond acceptors (Lipinski definition) is 1. The summed E-state index contributed by atoms with van der Waals surface area (Å²) in [6.45, 7) is 8.57. The minimum Gasteiger partial charge on any atom is -0.309 e. The van der Waals surface area contributed by atoms with Gasteiger partial charge in [-0.1, -0.05) is 166 Å². The Morgan fingerprint density at radius 3 is 1.85 bits per heavy atom. The normalized spacial score (nSPS) is 12.0. The molecule has 2 heteroatoms. The lowest BCUT2D eigenvalue weighted by Gasteiger charge is -2.22. The number of nitrogens with zero attached hydrogens (tertiary/aromatic N) is 1. The van der Waals surface area contributed by atoms with Crippen LogP contribution in [0.4, 0.5) is 0 Å². The highest BCUT2D eigenvalue weighted by atomic mass is 32.1. The average molecular weight is 800 g/mol. The smallest absolute Gasteiger partial charge is 0.0543 e. The van der Waals surface area contributed by atoms with Crippen LogP contribution in [0.25, 0.3) is 98.2 Å². The van der Waals surface area contributed by atoms with Gasteiger partial charge in [-0.3, -0.25) is 0 Å². The van der Waals surface area contributed by atoms with Crippen LogP contribution in [0.1, 0.15) is 40.5 Å². The molecular formula is C59H45NS. The number of para-hydroxylation sites is 1. The van der Waals surface area contributed by atoms with Crippen LogP contribution < -0.4 is 0 Å². The second kappa shape index (κ2) is 15.2. The fourth-order valence-corrected chi connectivity index (χ4v) is 11.2. The summed E-state index contributed by atoms with van der Waals surface area (Å²) in [5.74, 6) is 0. The van der Waals surface area contributed by atoms with Gasteiger partial charge in [-0.15, -0.1) is 11.3 Å². The molecule has 292 valence electrons. The molecule has 0 N–H and O–H groups in total. The molecule has 11 rings (SSSR count). The van der Waals surface area contributed by atoms with Crippen LogP contribution in [-0.4, -0.2) is 4.57 Å². The Bertz CT molecular complexity index is 3520. The first kappa shape index (κ1) is 37.0. The van der Waals surface area contributed by atoms with Gasteiger partial charge in [0.2, 0.25) is 0 Å². The number of thiophene rings is 1. The zero-order chi connectivity index (χ0) is 41.0. The van der Waals surface area contributed by atoms with Crippen molar-refractivity contribution in [3.05, 3.63) is 216 Å². The van der Waals surface area contributed by atoms with Gasteiger partial charge in [0.1, 0.15) is 0 Å². The molecule has 0 aliphatic carbocycles. The molecule has 0 radical (unpaired) electrons. The molecule has 0 aliphatic rings. The number of hydrogen-bond donors (Lipinski definition) is 0. The first-order chi connectivity index (χ1) is 30.1. The fourth-order valence-electron chi connectivity index (χ4n) is 10.1. The van der Waals surface area contributed by atoms with E-state index in [0.717, 1.165) is 19.3 Å². The molecule has 0 spiro atoms. The zero-order valence-corrected chi connectivity index (χ0v) is 35.4. The van der Waals surface area contributed by atoms with Crippen LogP contribution in [-0.2, 0) is 12.8 Å². The van der Waals surface area contributed by atoms with Gasteiger partial charge in [-0.2, -0.15) is 0 Å². The van der Waals surface area contributed by atoms with Gasteiger partial charge in [-0.05, 0) is 132 Å². The fraction of sp³-hybridized carbons (Fsp3) is 0.0847. The van der Waals surface area contributed by atoms with Crippen LogP contribution in [0.3, 0.4) is 0 Å². The third-order valence-corrected chi connectivity index (χ3v) is 13.9. The molecule has 0 aliphatic heterocycles. The Labute approximate surface area is 361 Å². The molecule has 0 amide bonds. The number of fused-ring (bicyclic) bond motifs is 10. The number of rotatable bonds is 9. The number of aromatic nitrogens is 1. The SMILES string of the molecule is C=C/C=C\c1sc2ccccc2c1Cc1cccc(C)c1-c1c(CCC)cccc1-n1c2ccccc2c2cc(-c3ccc4c5ccccc5c5ccccc5c4c3)ccc21. The molecule has 2 aromatic heterocycles. The Kier molecular flexibility index (Phi) is 9.25. The first-order valence-electron chi connectivity index (χ1n) is 21.5. The Morgan fingerprint density at radius 2 is 1.11 bits per heavy atom. The third kappa shape index (κ3) is 6.13. The largest absolute Gasteiger partial charge is 0.309 e. The molecule has 0 saturated heterocycles. The maximum absolute atomic E-state index is 3.98. The Morgan fingerprint density at radius 1 is 0.525 bits per heavy atom. The van der Waals surface area contributed by atoms with Gasteiger partial charge in [0.15, 0.2) is 0 Å². The van der Waals surface area contributed by atoms with E-state index in [1.807, 2.05) is 17.4 Å². The lowest BCUT2D eigenvalue weighted by atomic mass is 9.86. The lowest BCUT2D eigenvalue weighted by molar-refractivity contribution is 0.920. The molecule has 9 aromatic carbocycles. The van der Waals surface area contributed by atoms with Crippen molar-refractivity contribution >= 4 is 81.6 Å². The molecule has 11 aromatic rings. The highest BCUT2D eigenvalue weighted by molar-refractivity contribution is 7.20. The molecule has 0 unspecified atom stereocenters. The Hall–Kier alpha value is -7.00. The molecule has 0 saturated carbocycles. The molecule has 61 heavy (non-hydrogen) atoms. The average Bonchev–Trinajstić information content (AvgIpc) is 3.83. The monoisotopic (exact) mass is 799 g/mol. The van der Waals surface area contributed by atoms with E-state index in [9.17, 15) is 0 Å². The summed E-state index contributed by atoms with van der Waals surface area (Å²) >= 11 is 1.87. The van der Waals surface area contributed by atoms with Crippen molar-refractivity contribution in [2.45, 2.75) is 33.1 Å². The second-order valence-electron chi connectivity index (χ2n) is 16.3. The maximum atomic E-state index is 3.98. The van der Waals surface area contributed by atoms with E-state index in [2.05, 4.69) is 207 Å². The standard InChI is InChI=1S/C59H45NS/c1-4-6-29-57-52(49-26-12-14-30-56(49)61-57)37-42-20-15-18-38(3)58(42)59-39(17-5-2)19-16-28-55(59)60-53-27-13-11-25-48(53)51-36-41(32-34-54(51)60)40-31-33-47-45-23-8-7-21-43(45)44-22-9-10-24-46(44)50(47)35-40/h4,6-16,18-36H,1,5,17,37H2,2-3H3/b29-6-. The van der Waals surface area contributed by atoms with Gasteiger partial charge in [0.25, 0.3) is 0 Å². The molecule has 0 atom stereocenters. The van der Waals surface area contributed by atoms with Gasteiger partial charge in [0, 0.05) is 32.3 Å². The zero-order valence-electron chi connectivity index (χ0n) is 34.6. The quantitative estimate of drug-likeness (QED) is 0.101. The van der Waals surface area contributed by atoms with Gasteiger partial charge < -0.3 is 4.57 Å². The van der Waals surface area contributed by atoms with Gasteiger partial charge in [0.05, 0.1) is 16.7 Å². The predicted molar refractivity (Wildman–Crippen MR) is 267 cm³/mol. The van der Waals surface area contributed by atoms with Crippen molar-refractivity contribution < 1.29 is 0 Å². The molecule has 0 bridgehead atoms. The Balaban J connectivity index is 1.12. The highest BCUT2D eigenvalue weighted by Crippen LogP contribution is 2.44. The summed E-state index contributed by atoms with van der Waals surface area (Å²) in [4.78, 5) is 1.29. The molecule has 2 heterocycles. The van der Waals surface area contributed by atoms with Crippen molar-refractivity contribution in [3.63, 3.8) is 0 Å². The number of aryl methyl sites for hydroxylation is 2. The van der Waals surface area contributed by atoms with Crippen molar-refractivity contribution in [1.29, 1.82) is 0 Å². The molecular weight excluding hydrogens is 755 g/mol. The van der Waals surface area contributed by atoms with Crippen molar-refractivity contribution in [2.75, 3.05) is 0 Å². The van der Waals surface area contributed by atoms with Crippen LogP contribution in [0.2, 0.25) is 0 Å². The maximum Gasteiger partial charge on any atom is 0.0543 e. The summed E-state index contributed by atoms with van der Waals surface area (Å²) in [5, 5.41) is 11.6. The number of allylic oxidation sites excluding steroid dienone is 2. The summed E-state index contributed by atoms with van der Waals surface area (Å²) in [6, 6.07) is 63.5. The predicted octanol–water partition coefficient (Wildman–Crippen LogP) is 16.8. The van der Waals surface area contributed by atoms with Crippen molar-refractivity contribution in [2.24, 2.45) is 0 Å². The summed E-state index contributed by atoms with van der Waals surface area (Å²) < 4.78 is 3.86. The summed E-state index contributed by atoms with van der Waals surface area (Å²) in [6.07, 6.45) is 9.07. The van der Waals surface area contributed by atoms with E-state index in [1.165, 1.54) is 119 Å². The minimum atomic E-state index is 0.838. The van der Waals surface area contributed by atoms with E-state index in [4.69, 9.17) is 0 Å². The van der Waals surface area contributed by atoms with Crippen LogP contribution >= 0.6 is 11.3 Å². The van der Waals surface area contributed by atoms with Gasteiger partial charge >= 0.3 is 0 Å². The topological polar surface area (TPSA) is 4.93 Å². The van der Waals surface area contributed by atoms with E-state index in [1.54, 1.807) is 0 Å². The second-order valence-corrected chi connectivity index (χ2v) is 17.4. The number of benzene rings is 9. The lowest BCUT2D eigenvalue weighted by Crippen LogP contribution is -2.04. The van der Waals surface area contributed by atoms with Crippen molar-refractivity contribution in [1.82, 2.24) is 4.57 Å². The van der Waals surface area contributed by atoms with Gasteiger partial charge in [-0.25, -0.2) is 0 Å². The minimum absolute atomic E-state index is 0.838.